The van der Waals surface area contributed by atoms with Crippen molar-refractivity contribution in [3.8, 4) is 11.1 Å². The Morgan fingerprint density at radius 3 is 2.15 bits per heavy atom. The van der Waals surface area contributed by atoms with Crippen LogP contribution in [0, 0.1) is 0 Å². The van der Waals surface area contributed by atoms with E-state index < -0.39 is 42.0 Å². The van der Waals surface area contributed by atoms with Gasteiger partial charge in [-0.25, -0.2) is 8.42 Å². The van der Waals surface area contributed by atoms with E-state index in [4.69, 9.17) is 0 Å². The van der Waals surface area contributed by atoms with Crippen molar-refractivity contribution in [2.24, 2.45) is 0 Å². The van der Waals surface area contributed by atoms with E-state index >= 15 is 0 Å². The molecule has 1 aliphatic carbocycles. The average molecular weight is 686 g/mol. The molecule has 0 radical (unpaired) electrons. The standard InChI is InChI=1S/C35H31N3O8S2/c1-3-38(4-2)18-19-47(42,43)22-14-17-28(48(44,45)46)27(20-22)36-26-16-15-25-30-29(23-12-8-9-13-24(23)34(40)31(26)30)32(35(41)37-25)33(39)21-10-6-5-7-11-21/h5-17,20,36H,3-4,18-19H2,1-2H3,(H,37,41)(H,44,45,46). The van der Waals surface area contributed by atoms with Crippen LogP contribution in [0.25, 0.3) is 22.0 Å². The molecule has 0 bridgehead atoms. The number of hydrogen-bond donors (Lipinski definition) is 3. The summed E-state index contributed by atoms with van der Waals surface area (Å²) < 4.78 is 61.7. The van der Waals surface area contributed by atoms with Gasteiger partial charge in [-0.3, -0.25) is 18.9 Å². The molecule has 11 nitrogen and oxygen atoms in total. The van der Waals surface area contributed by atoms with E-state index in [1.165, 1.54) is 12.1 Å². The van der Waals surface area contributed by atoms with E-state index in [2.05, 4.69) is 10.3 Å². The van der Waals surface area contributed by atoms with E-state index in [9.17, 15) is 35.8 Å². The molecule has 0 fully saturated rings. The number of H-pyrrole nitrogens is 1. The molecule has 48 heavy (non-hydrogen) atoms. The Morgan fingerprint density at radius 1 is 0.812 bits per heavy atom. The second-order valence-corrected chi connectivity index (χ2v) is 14.8. The van der Waals surface area contributed by atoms with Crippen LogP contribution < -0.4 is 10.9 Å². The third-order valence-corrected chi connectivity index (χ3v) is 11.1. The number of hydrogen-bond acceptors (Lipinski definition) is 9. The molecule has 6 rings (SSSR count). The summed E-state index contributed by atoms with van der Waals surface area (Å²) in [4.78, 5) is 45.4. The fraction of sp³-hybridized carbons (Fsp3) is 0.171. The van der Waals surface area contributed by atoms with Crippen molar-refractivity contribution >= 4 is 53.8 Å². The van der Waals surface area contributed by atoms with E-state index in [0.717, 1.165) is 18.2 Å². The highest BCUT2D eigenvalue weighted by atomic mass is 32.2. The lowest BCUT2D eigenvalue weighted by atomic mass is 9.80. The Morgan fingerprint density at radius 2 is 1.48 bits per heavy atom. The fourth-order valence-corrected chi connectivity index (χ4v) is 8.00. The zero-order valence-corrected chi connectivity index (χ0v) is 27.6. The third kappa shape index (κ3) is 5.85. The summed E-state index contributed by atoms with van der Waals surface area (Å²) in [6, 6.07) is 20.9. The molecule has 0 saturated heterocycles. The molecule has 0 amide bonds. The maximum atomic E-state index is 14.2. The summed E-state index contributed by atoms with van der Waals surface area (Å²) in [5.74, 6) is -1.27. The van der Waals surface area contributed by atoms with Crippen LogP contribution in [0.4, 0.5) is 11.4 Å². The van der Waals surface area contributed by atoms with Gasteiger partial charge in [-0.2, -0.15) is 8.42 Å². The molecule has 1 aliphatic rings. The Bertz CT molecular complexity index is 2400. The molecule has 246 valence electrons. The summed E-state index contributed by atoms with van der Waals surface area (Å²) in [6.07, 6.45) is 0. The fourth-order valence-electron chi connectivity index (χ4n) is 6.06. The maximum absolute atomic E-state index is 14.2. The zero-order chi connectivity index (χ0) is 34.4. The van der Waals surface area contributed by atoms with Crippen molar-refractivity contribution in [2.45, 2.75) is 23.6 Å². The van der Waals surface area contributed by atoms with Gasteiger partial charge < -0.3 is 15.2 Å². The van der Waals surface area contributed by atoms with Crippen molar-refractivity contribution in [1.82, 2.24) is 9.88 Å². The van der Waals surface area contributed by atoms with Crippen molar-refractivity contribution in [3.63, 3.8) is 0 Å². The molecular formula is C35H31N3O8S2. The lowest BCUT2D eigenvalue weighted by molar-refractivity contribution is 0.102. The van der Waals surface area contributed by atoms with Crippen molar-refractivity contribution < 1.29 is 31.0 Å². The van der Waals surface area contributed by atoms with Gasteiger partial charge in [0.2, 0.25) is 0 Å². The number of nitrogens with one attached hydrogen (secondary N) is 2. The number of rotatable bonds is 11. The summed E-state index contributed by atoms with van der Waals surface area (Å²) in [7, 11) is -8.76. The van der Waals surface area contributed by atoms with E-state index in [1.54, 1.807) is 54.6 Å². The Labute approximate surface area is 276 Å². The minimum absolute atomic E-state index is 0.0237. The number of benzene rings is 4. The van der Waals surface area contributed by atoms with Gasteiger partial charge in [0.25, 0.3) is 15.7 Å². The van der Waals surface area contributed by atoms with Gasteiger partial charge in [-0.1, -0.05) is 68.4 Å². The molecule has 1 aromatic heterocycles. The quantitative estimate of drug-likeness (QED) is 0.124. The summed E-state index contributed by atoms with van der Waals surface area (Å²) in [6.45, 7) is 5.38. The van der Waals surface area contributed by atoms with E-state index in [0.29, 0.717) is 18.7 Å². The average Bonchev–Trinajstić information content (AvgIpc) is 3.07. The van der Waals surface area contributed by atoms with E-state index in [-0.39, 0.29) is 67.3 Å². The van der Waals surface area contributed by atoms with Gasteiger partial charge in [0, 0.05) is 34.1 Å². The number of sulfone groups is 1. The molecule has 13 heteroatoms. The van der Waals surface area contributed by atoms with E-state index in [1.807, 2.05) is 18.7 Å². The number of pyridine rings is 1. The number of carbonyl (C=O) groups is 2. The predicted octanol–water partition coefficient (Wildman–Crippen LogP) is 5.08. The molecule has 1 heterocycles. The van der Waals surface area contributed by atoms with Crippen LogP contribution in [0.15, 0.2) is 99.5 Å². The largest absolute Gasteiger partial charge is 0.354 e. The van der Waals surface area contributed by atoms with Crippen LogP contribution in [-0.4, -0.2) is 68.2 Å². The van der Waals surface area contributed by atoms with Crippen molar-refractivity contribution in [1.29, 1.82) is 0 Å². The smallest absolute Gasteiger partial charge is 0.296 e. The highest BCUT2D eigenvalue weighted by molar-refractivity contribution is 7.91. The number of fused-ring (bicyclic) bond motifs is 2. The molecule has 0 atom stereocenters. The maximum Gasteiger partial charge on any atom is 0.296 e. The highest BCUT2D eigenvalue weighted by Gasteiger charge is 2.33. The molecule has 0 unspecified atom stereocenters. The first-order valence-electron chi connectivity index (χ1n) is 15.2. The molecule has 0 spiro atoms. The predicted molar refractivity (Wildman–Crippen MR) is 183 cm³/mol. The van der Waals surface area contributed by atoms with Gasteiger partial charge in [0.1, 0.15) is 4.90 Å². The lowest BCUT2D eigenvalue weighted by Gasteiger charge is -2.24. The minimum atomic E-state index is -4.86. The minimum Gasteiger partial charge on any atom is -0.354 e. The third-order valence-electron chi connectivity index (χ3n) is 8.54. The Balaban J connectivity index is 1.57. The molecule has 3 N–H and O–H groups in total. The molecular weight excluding hydrogens is 655 g/mol. The van der Waals surface area contributed by atoms with Crippen LogP contribution in [0.1, 0.15) is 45.7 Å². The first kappa shape index (κ1) is 33.0. The van der Waals surface area contributed by atoms with Gasteiger partial charge in [0.05, 0.1) is 33.2 Å². The Kier molecular flexibility index (Phi) is 8.64. The molecule has 0 aliphatic heterocycles. The molecule has 0 saturated carbocycles. The van der Waals surface area contributed by atoms with Gasteiger partial charge in [-0.15, -0.1) is 0 Å². The second-order valence-electron chi connectivity index (χ2n) is 11.3. The topological polar surface area (TPSA) is 171 Å². The number of nitrogens with zero attached hydrogens (tertiary/aromatic N) is 1. The number of carbonyl (C=O) groups excluding carboxylic acids is 2. The van der Waals surface area contributed by atoms with Gasteiger partial charge in [-0.05, 0) is 49.0 Å². The van der Waals surface area contributed by atoms with Crippen LogP contribution in [0.2, 0.25) is 0 Å². The second kappa shape index (κ2) is 12.6. The number of aromatic amines is 1. The Hall–Kier alpha value is -4.95. The first-order valence-corrected chi connectivity index (χ1v) is 18.3. The highest BCUT2D eigenvalue weighted by Crippen LogP contribution is 2.44. The normalized spacial score (nSPS) is 12.7. The number of anilines is 2. The summed E-state index contributed by atoms with van der Waals surface area (Å²) in [5, 5.41) is 3.15. The SMILES string of the molecule is CCN(CC)CCS(=O)(=O)c1ccc(S(=O)(=O)O)c(Nc2ccc3[nH]c(=O)c(C(=O)c4ccccc4)c4c3c2C(=O)c2ccccc2-4)c1. The van der Waals surface area contributed by atoms with Crippen molar-refractivity contribution in [3.05, 3.63) is 118 Å². The number of aromatic nitrogens is 1. The van der Waals surface area contributed by atoms with Crippen molar-refractivity contribution in [2.75, 3.05) is 30.7 Å². The van der Waals surface area contributed by atoms with Gasteiger partial charge >= 0.3 is 0 Å². The van der Waals surface area contributed by atoms with Crippen LogP contribution in [0.3, 0.4) is 0 Å². The zero-order valence-electron chi connectivity index (χ0n) is 26.0. The first-order chi connectivity index (χ1) is 22.9. The van der Waals surface area contributed by atoms with Crippen LogP contribution in [-0.2, 0) is 20.0 Å². The molecule has 4 aromatic carbocycles. The summed E-state index contributed by atoms with van der Waals surface area (Å²) in [5.41, 5.74) is 0.316. The summed E-state index contributed by atoms with van der Waals surface area (Å²) >= 11 is 0. The van der Waals surface area contributed by atoms with Crippen LogP contribution in [0.5, 0.6) is 0 Å². The van der Waals surface area contributed by atoms with Gasteiger partial charge in [0.15, 0.2) is 21.4 Å². The molecule has 5 aromatic rings. The lowest BCUT2D eigenvalue weighted by Crippen LogP contribution is -2.29. The van der Waals surface area contributed by atoms with Crippen LogP contribution >= 0.6 is 0 Å². The number of ketones is 2. The monoisotopic (exact) mass is 685 g/mol.